The molecule has 2 fully saturated rings. The maximum Gasteiger partial charge on any atom is 0.337 e. The first-order valence-electron chi connectivity index (χ1n) is 16.4. The summed E-state index contributed by atoms with van der Waals surface area (Å²) in [6.07, 6.45) is -14.9. The van der Waals surface area contributed by atoms with E-state index in [1.165, 1.54) is 32.2 Å². The SMILES string of the molecule is C=C[C@H]1[C@H](O[C@@H]2O[C@H](CO[C@@H]3O[C@H](CO)[C@@H](O)[C@H](O)[C@H]3O)[C@@H](O)[C@H](O)[C@H]2O)OC=C(C(=O)OC)[C@H]1C[C@@H]1c2cc(O)c(O)cc2CCN1C(C)=O. The second-order valence-corrected chi connectivity index (χ2v) is 12.9. The molecule has 14 atom stereocenters. The van der Waals surface area contributed by atoms with Gasteiger partial charge < -0.3 is 79.3 Å². The number of amides is 1. The first-order valence-corrected chi connectivity index (χ1v) is 16.4. The molecule has 0 aliphatic carbocycles. The van der Waals surface area contributed by atoms with Crippen molar-refractivity contribution in [3.05, 3.63) is 47.7 Å². The Morgan fingerprint density at radius 1 is 0.922 bits per heavy atom. The predicted molar refractivity (Wildman–Crippen MR) is 168 cm³/mol. The van der Waals surface area contributed by atoms with Crippen LogP contribution in [-0.2, 0) is 44.4 Å². The van der Waals surface area contributed by atoms with Crippen LogP contribution in [0.2, 0.25) is 0 Å². The van der Waals surface area contributed by atoms with Crippen molar-refractivity contribution in [2.24, 2.45) is 11.8 Å². The van der Waals surface area contributed by atoms with Crippen LogP contribution in [0.25, 0.3) is 0 Å². The minimum atomic E-state index is -1.85. The number of hydrogen-bond acceptors (Lipinski definition) is 17. The first-order chi connectivity index (χ1) is 24.2. The number of methoxy groups -OCH3 is 1. The van der Waals surface area contributed by atoms with Crippen LogP contribution in [0.4, 0.5) is 0 Å². The van der Waals surface area contributed by atoms with Gasteiger partial charge in [-0.2, -0.15) is 0 Å². The van der Waals surface area contributed by atoms with Crippen LogP contribution in [0.3, 0.4) is 0 Å². The average molecular weight is 728 g/mol. The molecule has 0 bridgehead atoms. The fourth-order valence-electron chi connectivity index (χ4n) is 7.01. The lowest BCUT2D eigenvalue weighted by Crippen LogP contribution is -2.62. The van der Waals surface area contributed by atoms with E-state index in [2.05, 4.69) is 6.58 Å². The Kier molecular flexibility index (Phi) is 12.2. The zero-order valence-corrected chi connectivity index (χ0v) is 27.9. The average Bonchev–Trinajstić information content (AvgIpc) is 3.11. The molecule has 0 radical (unpaired) electrons. The third-order valence-corrected chi connectivity index (χ3v) is 9.89. The Balaban J connectivity index is 1.37. The molecule has 18 nitrogen and oxygen atoms in total. The number of esters is 1. The van der Waals surface area contributed by atoms with Gasteiger partial charge in [0.05, 0.1) is 38.2 Å². The number of aromatic hydroxyl groups is 2. The van der Waals surface area contributed by atoms with Crippen molar-refractivity contribution in [3.8, 4) is 11.5 Å². The van der Waals surface area contributed by atoms with E-state index in [1.54, 1.807) is 4.90 Å². The van der Waals surface area contributed by atoms with E-state index in [0.717, 1.165) is 6.26 Å². The van der Waals surface area contributed by atoms with Crippen LogP contribution in [0.5, 0.6) is 11.5 Å². The summed E-state index contributed by atoms with van der Waals surface area (Å²) in [6.45, 7) is 4.25. The number of phenols is 2. The number of carbonyl (C=O) groups is 2. The third kappa shape index (κ3) is 7.72. The van der Waals surface area contributed by atoms with E-state index in [1.807, 2.05) is 0 Å². The highest BCUT2D eigenvalue weighted by atomic mass is 16.8. The molecule has 0 unspecified atom stereocenters. The van der Waals surface area contributed by atoms with Crippen molar-refractivity contribution in [3.63, 3.8) is 0 Å². The Morgan fingerprint density at radius 2 is 1.55 bits per heavy atom. The summed E-state index contributed by atoms with van der Waals surface area (Å²) in [5.41, 5.74) is 1.30. The van der Waals surface area contributed by atoms with Crippen molar-refractivity contribution in [1.29, 1.82) is 0 Å². The highest BCUT2D eigenvalue weighted by Gasteiger charge is 2.50. The van der Waals surface area contributed by atoms with E-state index in [9.17, 15) is 55.5 Å². The maximum atomic E-state index is 13.0. The number of aliphatic hydroxyl groups excluding tert-OH is 7. The largest absolute Gasteiger partial charge is 0.504 e. The summed E-state index contributed by atoms with van der Waals surface area (Å²) < 4.78 is 33.4. The molecular formula is C33H45NO17. The van der Waals surface area contributed by atoms with Gasteiger partial charge in [0.2, 0.25) is 12.2 Å². The number of fused-ring (bicyclic) bond motifs is 1. The van der Waals surface area contributed by atoms with Gasteiger partial charge in [0.15, 0.2) is 24.1 Å². The second-order valence-electron chi connectivity index (χ2n) is 12.9. The minimum Gasteiger partial charge on any atom is -0.504 e. The zero-order chi connectivity index (χ0) is 37.3. The highest BCUT2D eigenvalue weighted by molar-refractivity contribution is 5.89. The van der Waals surface area contributed by atoms with Gasteiger partial charge in [0, 0.05) is 25.3 Å². The molecular weight excluding hydrogens is 682 g/mol. The quantitative estimate of drug-likeness (QED) is 0.0679. The molecule has 0 spiro atoms. The maximum absolute atomic E-state index is 13.0. The molecule has 1 aromatic rings. The molecule has 4 aliphatic rings. The molecule has 9 N–H and O–H groups in total. The molecule has 5 rings (SSSR count). The van der Waals surface area contributed by atoms with Crippen LogP contribution in [0.1, 0.15) is 30.5 Å². The van der Waals surface area contributed by atoms with Gasteiger partial charge in [0.25, 0.3) is 0 Å². The summed E-state index contributed by atoms with van der Waals surface area (Å²) in [5.74, 6) is -3.45. The number of ether oxygens (including phenoxy) is 6. The van der Waals surface area contributed by atoms with Crippen molar-refractivity contribution in [2.45, 2.75) is 93.5 Å². The van der Waals surface area contributed by atoms with Crippen LogP contribution in [0.15, 0.2) is 36.6 Å². The van der Waals surface area contributed by atoms with Crippen molar-refractivity contribution in [2.75, 3.05) is 26.9 Å². The van der Waals surface area contributed by atoms with Crippen LogP contribution in [0, 0.1) is 11.8 Å². The predicted octanol–water partition coefficient (Wildman–Crippen LogP) is -2.59. The summed E-state index contributed by atoms with van der Waals surface area (Å²) in [7, 11) is 1.18. The molecule has 2 saturated heterocycles. The Morgan fingerprint density at radius 3 is 2.18 bits per heavy atom. The number of rotatable bonds is 10. The lowest BCUT2D eigenvalue weighted by molar-refractivity contribution is -0.352. The van der Waals surface area contributed by atoms with Gasteiger partial charge in [-0.25, -0.2) is 4.79 Å². The molecule has 4 aliphatic heterocycles. The molecule has 1 aromatic carbocycles. The van der Waals surface area contributed by atoms with E-state index in [-0.39, 0.29) is 30.2 Å². The number of aliphatic hydroxyl groups is 7. The van der Waals surface area contributed by atoms with E-state index in [4.69, 9.17) is 28.4 Å². The fourth-order valence-corrected chi connectivity index (χ4v) is 7.01. The fraction of sp³-hybridized carbons (Fsp3) is 0.636. The first kappa shape index (κ1) is 38.8. The Bertz CT molecular complexity index is 1450. The minimum absolute atomic E-state index is 0.0581. The number of nitrogens with zero attached hydrogens (tertiary/aromatic N) is 1. The van der Waals surface area contributed by atoms with Gasteiger partial charge in [-0.1, -0.05) is 6.08 Å². The number of carbonyl (C=O) groups excluding carboxylic acids is 2. The van der Waals surface area contributed by atoms with E-state index in [0.29, 0.717) is 17.5 Å². The Hall–Kier alpha value is -3.40. The Labute approximate surface area is 292 Å². The van der Waals surface area contributed by atoms with Gasteiger partial charge >= 0.3 is 5.97 Å². The summed E-state index contributed by atoms with van der Waals surface area (Å²) in [6, 6.07) is 2.09. The van der Waals surface area contributed by atoms with Crippen molar-refractivity contribution in [1.82, 2.24) is 4.90 Å². The molecule has 18 heteroatoms. The van der Waals surface area contributed by atoms with Gasteiger partial charge in [-0.15, -0.1) is 6.58 Å². The summed E-state index contributed by atoms with van der Waals surface area (Å²) in [5, 5.41) is 92.6. The van der Waals surface area contributed by atoms with Gasteiger partial charge in [0.1, 0.15) is 48.8 Å². The second kappa shape index (κ2) is 16.1. The van der Waals surface area contributed by atoms with Crippen LogP contribution >= 0.6 is 0 Å². The number of hydrogen-bond donors (Lipinski definition) is 9. The van der Waals surface area contributed by atoms with E-state index >= 15 is 0 Å². The standard InChI is InChI=1S/C33H45NO17/c1-4-15-17(8-19-16-9-21(38)20(37)7-14(16)5-6-34(19)13(2)36)18(30(45)46-3)11-47-31(15)51-33-29(44)27(42)25(40)23(50-33)12-48-32-28(43)26(41)24(39)22(10-35)49-32/h4,7,9,11,15,17,19,22-29,31-33,35,37-44H,1,5-6,8,10,12H2,2-3H3/t15-,17+,19-,22-,23-,24-,25-,26+,27+,28-,29-,31+,32-,33+/m1/s1. The molecule has 4 heterocycles. The normalized spacial score (nSPS) is 38.2. The van der Waals surface area contributed by atoms with Gasteiger partial charge in [-0.3, -0.25) is 4.79 Å². The summed E-state index contributed by atoms with van der Waals surface area (Å²) in [4.78, 5) is 27.4. The molecule has 51 heavy (non-hydrogen) atoms. The lowest BCUT2D eigenvalue weighted by atomic mass is 9.76. The smallest absolute Gasteiger partial charge is 0.337 e. The van der Waals surface area contributed by atoms with Crippen molar-refractivity contribution >= 4 is 11.9 Å². The van der Waals surface area contributed by atoms with Gasteiger partial charge in [-0.05, 0) is 36.1 Å². The highest BCUT2D eigenvalue weighted by Crippen LogP contribution is 2.45. The molecule has 1 amide bonds. The summed E-state index contributed by atoms with van der Waals surface area (Å²) >= 11 is 0. The molecule has 0 aromatic heterocycles. The number of benzene rings is 1. The van der Waals surface area contributed by atoms with Crippen LogP contribution < -0.4 is 0 Å². The number of phenolic OH excluding ortho intramolecular Hbond substituents is 2. The van der Waals surface area contributed by atoms with Crippen molar-refractivity contribution < 1.29 is 84.0 Å². The van der Waals surface area contributed by atoms with E-state index < -0.39 is 111 Å². The topological polar surface area (TPSA) is 275 Å². The zero-order valence-electron chi connectivity index (χ0n) is 27.9. The molecule has 0 saturated carbocycles. The lowest BCUT2D eigenvalue weighted by Gasteiger charge is -2.45. The van der Waals surface area contributed by atoms with Crippen LogP contribution in [-0.4, -0.2) is 157 Å². The third-order valence-electron chi connectivity index (χ3n) is 9.89. The monoisotopic (exact) mass is 727 g/mol. The molecule has 284 valence electrons.